The molecule has 1 aliphatic carbocycles. The van der Waals surface area contributed by atoms with Gasteiger partial charge in [0.2, 0.25) is 5.56 Å². The van der Waals surface area contributed by atoms with Gasteiger partial charge in [0.15, 0.2) is 0 Å². The molecule has 58 heavy (non-hydrogen) atoms. The highest BCUT2D eigenvalue weighted by molar-refractivity contribution is 5.88. The highest BCUT2D eigenvalue weighted by atomic mass is 16.5. The Morgan fingerprint density at radius 1 is 0.897 bits per heavy atom. The van der Waals surface area contributed by atoms with Gasteiger partial charge in [0.05, 0.1) is 22.7 Å². The molecule has 11 nitrogen and oxygen atoms in total. The number of imidazole rings is 1. The molecule has 0 unspecified atom stereocenters. The number of hydrogen-bond donors (Lipinski definition) is 5. The van der Waals surface area contributed by atoms with Crippen LogP contribution >= 0.6 is 0 Å². The number of phenolic OH excluding ortho intramolecular Hbond substituents is 1. The Morgan fingerprint density at radius 3 is 2.24 bits per heavy atom. The SMILES string of the molecule is CN(CCCn1c(=O)[nH]c2cc(CC(C)(C)NC[C@H](O)c3ccc(O)c4[nH]c(=O)ccc34)ccc21)[C@H]1CC[C@H](OC(=O)C(C)(c2ccccc2)c2ccccc2)CC1. The summed E-state index contributed by atoms with van der Waals surface area (Å²) in [5.74, 6) is -0.260. The van der Waals surface area contributed by atoms with Gasteiger partial charge in [-0.25, -0.2) is 4.79 Å². The normalized spacial score (nSPS) is 16.9. The number of H-pyrrole nitrogens is 2. The van der Waals surface area contributed by atoms with Gasteiger partial charge in [0.25, 0.3) is 0 Å². The van der Waals surface area contributed by atoms with Crippen LogP contribution in [0.4, 0.5) is 0 Å². The Labute approximate surface area is 338 Å². The molecule has 304 valence electrons. The number of esters is 1. The van der Waals surface area contributed by atoms with Gasteiger partial charge < -0.3 is 35.1 Å². The predicted molar refractivity (Wildman–Crippen MR) is 228 cm³/mol. The van der Waals surface area contributed by atoms with Crippen LogP contribution < -0.4 is 16.6 Å². The van der Waals surface area contributed by atoms with Gasteiger partial charge in [-0.05, 0) is 119 Å². The molecule has 11 heteroatoms. The third-order valence-corrected chi connectivity index (χ3v) is 12.1. The van der Waals surface area contributed by atoms with Crippen LogP contribution in [0.5, 0.6) is 5.75 Å². The van der Waals surface area contributed by atoms with Gasteiger partial charge in [0, 0.05) is 36.1 Å². The topological polar surface area (TPSA) is 153 Å². The van der Waals surface area contributed by atoms with Gasteiger partial charge in [-0.2, -0.15) is 0 Å². The van der Waals surface area contributed by atoms with Gasteiger partial charge in [-0.1, -0.05) is 72.8 Å². The van der Waals surface area contributed by atoms with Gasteiger partial charge in [-0.3, -0.25) is 14.2 Å². The van der Waals surface area contributed by atoms with Crippen molar-refractivity contribution >= 4 is 27.9 Å². The first-order valence-corrected chi connectivity index (χ1v) is 20.3. The lowest BCUT2D eigenvalue weighted by atomic mass is 9.76. The lowest BCUT2D eigenvalue weighted by Gasteiger charge is -2.36. The second-order valence-corrected chi connectivity index (χ2v) is 16.7. The molecule has 2 aromatic heterocycles. The van der Waals surface area contributed by atoms with E-state index in [0.29, 0.717) is 35.5 Å². The van der Waals surface area contributed by atoms with E-state index in [1.165, 1.54) is 12.1 Å². The molecule has 1 aliphatic rings. The number of β-amino-alcohol motifs (C(OH)–C–C–N with tert-alkyl or cyclic N) is 1. The number of aromatic hydroxyl groups is 1. The van der Waals surface area contributed by atoms with E-state index in [4.69, 9.17) is 4.74 Å². The number of hydrogen-bond acceptors (Lipinski definition) is 8. The summed E-state index contributed by atoms with van der Waals surface area (Å²) in [4.78, 5) is 46.9. The first-order chi connectivity index (χ1) is 27.8. The number of phenols is 1. The van der Waals surface area contributed by atoms with Crippen molar-refractivity contribution < 1.29 is 19.7 Å². The number of aromatic amines is 2. The zero-order valence-corrected chi connectivity index (χ0v) is 33.8. The summed E-state index contributed by atoms with van der Waals surface area (Å²) in [5.41, 5.74) is 3.72. The third kappa shape index (κ3) is 8.82. The monoisotopic (exact) mass is 785 g/mol. The smallest absolute Gasteiger partial charge is 0.326 e. The molecular formula is C47H55N5O6. The average molecular weight is 786 g/mol. The van der Waals surface area contributed by atoms with E-state index < -0.39 is 17.1 Å². The van der Waals surface area contributed by atoms with Crippen LogP contribution in [0.15, 0.2) is 113 Å². The number of pyridine rings is 1. The van der Waals surface area contributed by atoms with E-state index in [0.717, 1.165) is 66.4 Å². The number of benzene rings is 4. The van der Waals surface area contributed by atoms with E-state index in [-0.39, 0.29) is 35.6 Å². The number of fused-ring (bicyclic) bond motifs is 2. The van der Waals surface area contributed by atoms with Crippen molar-refractivity contribution in [3.8, 4) is 5.75 Å². The van der Waals surface area contributed by atoms with Crippen molar-refractivity contribution in [1.29, 1.82) is 0 Å². The molecule has 0 radical (unpaired) electrons. The number of nitrogens with zero attached hydrogens (tertiary/aromatic N) is 2. The van der Waals surface area contributed by atoms with Crippen LogP contribution in [-0.2, 0) is 27.9 Å². The van der Waals surface area contributed by atoms with E-state index >= 15 is 0 Å². The standard InChI is InChI=1S/C47H55N5O6/c1-46(2,48-30-41(54)36-21-24-40(53)43-37(36)22-25-42(55)50-43)29-31-16-23-39-38(28-31)49-45(57)52(39)27-11-26-51(4)34-17-19-35(20-18-34)58-44(56)47(3,32-12-7-5-8-13-32)33-14-9-6-10-15-33/h5-10,12-16,21-25,28,34-35,41,48,53-54H,11,17-20,26-27,29-30H2,1-4H3,(H,49,57)(H,50,55)/t34-,35-,41-/m0/s1. The minimum atomic E-state index is -0.894. The van der Waals surface area contributed by atoms with Crippen LogP contribution in [0.2, 0.25) is 0 Å². The molecule has 4 aromatic carbocycles. The number of carbonyl (C=O) groups is 1. The summed E-state index contributed by atoms with van der Waals surface area (Å²) in [6, 6.07) is 32.3. The molecule has 6 aromatic rings. The number of aliphatic hydroxyl groups excluding tert-OH is 1. The largest absolute Gasteiger partial charge is 0.506 e. The van der Waals surface area contributed by atoms with E-state index in [1.54, 1.807) is 12.1 Å². The first-order valence-electron chi connectivity index (χ1n) is 20.3. The molecular weight excluding hydrogens is 731 g/mol. The summed E-state index contributed by atoms with van der Waals surface area (Å²) >= 11 is 0. The molecule has 0 spiro atoms. The van der Waals surface area contributed by atoms with Gasteiger partial charge >= 0.3 is 11.7 Å². The van der Waals surface area contributed by atoms with Crippen LogP contribution in [0.3, 0.4) is 0 Å². The van der Waals surface area contributed by atoms with Crippen LogP contribution in [0, 0.1) is 0 Å². The summed E-state index contributed by atoms with van der Waals surface area (Å²) in [7, 11) is 2.15. The first kappa shape index (κ1) is 40.7. The van der Waals surface area contributed by atoms with Crippen molar-refractivity contribution in [1.82, 2.24) is 24.8 Å². The van der Waals surface area contributed by atoms with Crippen LogP contribution in [0.1, 0.15) is 81.2 Å². The molecule has 0 aliphatic heterocycles. The zero-order valence-electron chi connectivity index (χ0n) is 33.8. The van der Waals surface area contributed by atoms with Crippen molar-refractivity contribution in [2.75, 3.05) is 20.1 Å². The lowest BCUT2D eigenvalue weighted by molar-refractivity contribution is -0.156. The molecule has 1 saturated carbocycles. The predicted octanol–water partition coefficient (Wildman–Crippen LogP) is 6.70. The second kappa shape index (κ2) is 17.2. The van der Waals surface area contributed by atoms with Crippen molar-refractivity contribution in [3.63, 3.8) is 0 Å². The van der Waals surface area contributed by atoms with Crippen LogP contribution in [0.25, 0.3) is 21.9 Å². The Hall–Kier alpha value is -5.49. The Kier molecular flexibility index (Phi) is 12.0. The molecule has 5 N–H and O–H groups in total. The van der Waals surface area contributed by atoms with Gasteiger partial charge in [0.1, 0.15) is 17.3 Å². The Balaban J connectivity index is 0.897. The molecule has 7 rings (SSSR count). The van der Waals surface area contributed by atoms with Crippen molar-refractivity contribution in [2.24, 2.45) is 0 Å². The molecule has 1 fully saturated rings. The Morgan fingerprint density at radius 2 is 1.57 bits per heavy atom. The maximum absolute atomic E-state index is 13.9. The summed E-state index contributed by atoms with van der Waals surface area (Å²) in [5, 5.41) is 25.4. The maximum Gasteiger partial charge on any atom is 0.326 e. The Bertz CT molecular complexity index is 2430. The maximum atomic E-state index is 13.9. The lowest BCUT2D eigenvalue weighted by Crippen LogP contribution is -2.43. The zero-order chi connectivity index (χ0) is 41.0. The van der Waals surface area contributed by atoms with Gasteiger partial charge in [-0.15, -0.1) is 0 Å². The number of aryl methyl sites for hydroxylation is 1. The fourth-order valence-electron chi connectivity index (χ4n) is 8.63. The molecule has 1 atom stereocenters. The number of carbonyl (C=O) groups excluding carboxylic acids is 1. The molecule has 0 bridgehead atoms. The number of ether oxygens (including phenoxy) is 1. The minimum Gasteiger partial charge on any atom is -0.506 e. The number of rotatable bonds is 15. The van der Waals surface area contributed by atoms with E-state index in [1.807, 2.05) is 84.3 Å². The van der Waals surface area contributed by atoms with E-state index in [2.05, 4.69) is 47.1 Å². The fourth-order valence-corrected chi connectivity index (χ4v) is 8.63. The molecule has 0 saturated heterocycles. The second-order valence-electron chi connectivity index (χ2n) is 16.7. The third-order valence-electron chi connectivity index (χ3n) is 12.1. The van der Waals surface area contributed by atoms with Crippen LogP contribution in [-0.4, -0.2) is 73.4 Å². The summed E-state index contributed by atoms with van der Waals surface area (Å²) in [6.07, 6.45) is 3.99. The highest BCUT2D eigenvalue weighted by Crippen LogP contribution is 2.36. The minimum absolute atomic E-state index is 0.0473. The van der Waals surface area contributed by atoms with Crippen molar-refractivity contribution in [3.05, 3.63) is 146 Å². The number of aliphatic hydroxyl groups is 1. The quantitative estimate of drug-likeness (QED) is 0.0722. The summed E-state index contributed by atoms with van der Waals surface area (Å²) < 4.78 is 8.06. The number of nitrogens with one attached hydrogen (secondary N) is 3. The van der Waals surface area contributed by atoms with Crippen molar-refractivity contribution in [2.45, 2.75) is 95.0 Å². The highest BCUT2D eigenvalue weighted by Gasteiger charge is 2.40. The number of aromatic nitrogens is 3. The van der Waals surface area contributed by atoms with E-state index in [9.17, 15) is 24.6 Å². The average Bonchev–Trinajstić information content (AvgIpc) is 3.54. The molecule has 2 heterocycles. The summed E-state index contributed by atoms with van der Waals surface area (Å²) in [6.45, 7) is 7.78. The fraction of sp³-hybridized carbons (Fsp3) is 0.383. The molecule has 0 amide bonds.